The lowest BCUT2D eigenvalue weighted by Crippen LogP contribution is -2.01. The molecule has 1 aliphatic rings. The van der Waals surface area contributed by atoms with E-state index in [9.17, 15) is 0 Å². The molecule has 3 aromatic rings. The third-order valence-electron chi connectivity index (χ3n) is 4.42. The number of pyridine rings is 1. The van der Waals surface area contributed by atoms with E-state index in [-0.39, 0.29) is 0 Å². The van der Waals surface area contributed by atoms with Gasteiger partial charge in [-0.25, -0.2) is 0 Å². The van der Waals surface area contributed by atoms with Gasteiger partial charge in [0, 0.05) is 18.8 Å². The molecule has 0 amide bonds. The SMILES string of the molecule is C1=CN=C(c2cc(Cc3cccc(Cc4ccccc4)c3)ccn2)C1. The first-order valence-corrected chi connectivity index (χ1v) is 8.65. The Morgan fingerprint density at radius 1 is 0.720 bits per heavy atom. The minimum absolute atomic E-state index is 0.878. The number of hydrogen-bond donors (Lipinski definition) is 0. The molecule has 2 nitrogen and oxygen atoms in total. The second-order valence-electron chi connectivity index (χ2n) is 6.37. The number of rotatable bonds is 5. The van der Waals surface area contributed by atoms with Crippen molar-refractivity contribution in [2.24, 2.45) is 4.99 Å². The fourth-order valence-corrected chi connectivity index (χ4v) is 3.19. The number of hydrogen-bond acceptors (Lipinski definition) is 2. The Balaban J connectivity index is 1.51. The summed E-state index contributed by atoms with van der Waals surface area (Å²) in [7, 11) is 0. The maximum atomic E-state index is 4.47. The van der Waals surface area contributed by atoms with Crippen LogP contribution < -0.4 is 0 Å². The highest BCUT2D eigenvalue weighted by Gasteiger charge is 2.08. The van der Waals surface area contributed by atoms with Crippen molar-refractivity contribution in [3.05, 3.63) is 113 Å². The maximum Gasteiger partial charge on any atom is 0.0850 e. The molecule has 0 N–H and O–H groups in total. The monoisotopic (exact) mass is 324 g/mol. The summed E-state index contributed by atoms with van der Waals surface area (Å²) in [6, 6.07) is 23.7. The van der Waals surface area contributed by atoms with Gasteiger partial charge in [0.15, 0.2) is 0 Å². The van der Waals surface area contributed by atoms with Crippen LogP contribution in [-0.2, 0) is 12.8 Å². The van der Waals surface area contributed by atoms with E-state index in [1.165, 1.54) is 22.3 Å². The van der Waals surface area contributed by atoms with Crippen molar-refractivity contribution in [3.63, 3.8) is 0 Å². The van der Waals surface area contributed by atoms with Crippen LogP contribution in [0.3, 0.4) is 0 Å². The van der Waals surface area contributed by atoms with Crippen LogP contribution in [0.2, 0.25) is 0 Å². The molecule has 2 heteroatoms. The summed E-state index contributed by atoms with van der Waals surface area (Å²) in [6.07, 6.45) is 8.58. The molecule has 0 saturated heterocycles. The predicted octanol–water partition coefficient (Wildman–Crippen LogP) is 4.97. The zero-order chi connectivity index (χ0) is 16.9. The summed E-state index contributed by atoms with van der Waals surface area (Å²) < 4.78 is 0. The van der Waals surface area contributed by atoms with Gasteiger partial charge in [0.05, 0.1) is 11.4 Å². The van der Waals surface area contributed by atoms with Gasteiger partial charge in [0.2, 0.25) is 0 Å². The van der Waals surface area contributed by atoms with Crippen LogP contribution >= 0.6 is 0 Å². The van der Waals surface area contributed by atoms with Crippen molar-refractivity contribution in [1.82, 2.24) is 4.98 Å². The first kappa shape index (κ1) is 15.5. The molecule has 0 spiro atoms. The Morgan fingerprint density at radius 3 is 2.20 bits per heavy atom. The molecule has 0 atom stereocenters. The molecule has 0 fully saturated rings. The van der Waals surface area contributed by atoms with Gasteiger partial charge in [-0.1, -0.05) is 60.7 Å². The molecule has 122 valence electrons. The second kappa shape index (κ2) is 7.27. The topological polar surface area (TPSA) is 25.2 Å². The number of aliphatic imine (C=N–C) groups is 1. The molecular weight excluding hydrogens is 304 g/mol. The highest BCUT2D eigenvalue weighted by molar-refractivity contribution is 6.01. The van der Waals surface area contributed by atoms with Crippen LogP contribution in [-0.4, -0.2) is 10.7 Å². The van der Waals surface area contributed by atoms with Gasteiger partial charge >= 0.3 is 0 Å². The van der Waals surface area contributed by atoms with Crippen molar-refractivity contribution >= 4 is 5.71 Å². The van der Waals surface area contributed by atoms with E-state index in [2.05, 4.69) is 82.8 Å². The molecule has 1 aromatic heterocycles. The van der Waals surface area contributed by atoms with Crippen molar-refractivity contribution in [2.45, 2.75) is 19.3 Å². The van der Waals surface area contributed by atoms with E-state index in [0.717, 1.165) is 30.7 Å². The van der Waals surface area contributed by atoms with Crippen molar-refractivity contribution < 1.29 is 0 Å². The number of benzene rings is 2. The minimum Gasteiger partial charge on any atom is -0.259 e. The van der Waals surface area contributed by atoms with Gasteiger partial charge in [-0.15, -0.1) is 0 Å². The van der Waals surface area contributed by atoms with Crippen LogP contribution in [0.1, 0.15) is 34.4 Å². The predicted molar refractivity (Wildman–Crippen MR) is 103 cm³/mol. The zero-order valence-corrected chi connectivity index (χ0v) is 14.1. The molecular formula is C23H20N2. The summed E-state index contributed by atoms with van der Waals surface area (Å²) in [6.45, 7) is 0. The fourth-order valence-electron chi connectivity index (χ4n) is 3.19. The van der Waals surface area contributed by atoms with E-state index in [4.69, 9.17) is 0 Å². The van der Waals surface area contributed by atoms with Gasteiger partial charge in [0.1, 0.15) is 0 Å². The summed E-state index contributed by atoms with van der Waals surface area (Å²) in [5, 5.41) is 0. The van der Waals surface area contributed by atoms with E-state index in [1.807, 2.05) is 12.4 Å². The molecule has 2 aromatic carbocycles. The van der Waals surface area contributed by atoms with E-state index in [1.54, 1.807) is 0 Å². The molecule has 2 heterocycles. The molecule has 1 aliphatic heterocycles. The van der Waals surface area contributed by atoms with E-state index in [0.29, 0.717) is 0 Å². The largest absolute Gasteiger partial charge is 0.259 e. The Labute approximate surface area is 148 Å². The summed E-state index contributed by atoms with van der Waals surface area (Å²) >= 11 is 0. The van der Waals surface area contributed by atoms with Gasteiger partial charge in [-0.2, -0.15) is 0 Å². The lowest BCUT2D eigenvalue weighted by Gasteiger charge is -2.07. The highest BCUT2D eigenvalue weighted by atomic mass is 14.8. The lowest BCUT2D eigenvalue weighted by molar-refractivity contribution is 1.12. The second-order valence-corrected chi connectivity index (χ2v) is 6.37. The van der Waals surface area contributed by atoms with Crippen LogP contribution in [0.25, 0.3) is 0 Å². The Hall–Kier alpha value is -3.00. The number of nitrogens with zero attached hydrogens (tertiary/aromatic N) is 2. The summed E-state index contributed by atoms with van der Waals surface area (Å²) in [5.74, 6) is 0. The third-order valence-corrected chi connectivity index (χ3v) is 4.42. The van der Waals surface area contributed by atoms with E-state index >= 15 is 0 Å². The Morgan fingerprint density at radius 2 is 1.44 bits per heavy atom. The molecule has 25 heavy (non-hydrogen) atoms. The first-order chi connectivity index (χ1) is 12.4. The number of aromatic nitrogens is 1. The van der Waals surface area contributed by atoms with Crippen LogP contribution in [0.5, 0.6) is 0 Å². The Bertz CT molecular complexity index is 924. The molecule has 0 unspecified atom stereocenters. The smallest absolute Gasteiger partial charge is 0.0850 e. The summed E-state index contributed by atoms with van der Waals surface area (Å²) in [5.41, 5.74) is 7.34. The number of allylic oxidation sites excluding steroid dienone is 1. The minimum atomic E-state index is 0.878. The highest BCUT2D eigenvalue weighted by Crippen LogP contribution is 2.16. The lowest BCUT2D eigenvalue weighted by atomic mass is 9.99. The normalized spacial score (nSPS) is 13.0. The molecule has 0 bridgehead atoms. The molecule has 0 saturated carbocycles. The average molecular weight is 324 g/mol. The summed E-state index contributed by atoms with van der Waals surface area (Å²) in [4.78, 5) is 8.85. The van der Waals surface area contributed by atoms with Gasteiger partial charge in [-0.05, 0) is 47.2 Å². The first-order valence-electron chi connectivity index (χ1n) is 8.65. The van der Waals surface area contributed by atoms with Crippen LogP contribution in [0.15, 0.2) is 90.2 Å². The maximum absolute atomic E-state index is 4.47. The zero-order valence-electron chi connectivity index (χ0n) is 14.1. The van der Waals surface area contributed by atoms with Crippen molar-refractivity contribution in [1.29, 1.82) is 0 Å². The standard InChI is InChI=1S/C23H20N2/c1-2-6-18(7-3-1)14-19-8-4-9-20(15-19)16-21-11-13-25-23(17-21)22-10-5-12-24-22/h1-9,11-13,15,17H,10,14,16H2. The van der Waals surface area contributed by atoms with Gasteiger partial charge in [-0.3, -0.25) is 9.98 Å². The molecule has 4 rings (SSSR count). The molecule has 0 radical (unpaired) electrons. The average Bonchev–Trinajstić information content (AvgIpc) is 3.18. The van der Waals surface area contributed by atoms with Crippen molar-refractivity contribution in [2.75, 3.05) is 0 Å². The van der Waals surface area contributed by atoms with Crippen molar-refractivity contribution in [3.8, 4) is 0 Å². The fraction of sp³-hybridized carbons (Fsp3) is 0.130. The molecule has 0 aliphatic carbocycles. The van der Waals surface area contributed by atoms with Crippen LogP contribution in [0, 0.1) is 0 Å². The Kier molecular flexibility index (Phi) is 4.51. The quantitative estimate of drug-likeness (QED) is 0.650. The van der Waals surface area contributed by atoms with Crippen LogP contribution in [0.4, 0.5) is 0 Å². The van der Waals surface area contributed by atoms with E-state index < -0.39 is 0 Å². The van der Waals surface area contributed by atoms with Gasteiger partial charge < -0.3 is 0 Å². The van der Waals surface area contributed by atoms with Gasteiger partial charge in [0.25, 0.3) is 0 Å². The third kappa shape index (κ3) is 3.92.